The standard InChI is InChI=1S/C17H21NO2S/c1-3-13-18(14-16-10-5-4-6-11-16)21(19,20)17-12-8-7-9-15(17)2/h4-12H,3,13-14H2,1-2H3. The number of benzene rings is 2. The van der Waals surface area contributed by atoms with Gasteiger partial charge in [0.1, 0.15) is 0 Å². The normalized spacial score (nSPS) is 11.8. The molecule has 0 radical (unpaired) electrons. The number of hydrogen-bond acceptors (Lipinski definition) is 2. The fraction of sp³-hybridized carbons (Fsp3) is 0.294. The van der Waals surface area contributed by atoms with E-state index in [1.54, 1.807) is 16.4 Å². The van der Waals surface area contributed by atoms with Crippen molar-refractivity contribution >= 4 is 10.0 Å². The highest BCUT2D eigenvalue weighted by Crippen LogP contribution is 2.21. The lowest BCUT2D eigenvalue weighted by Crippen LogP contribution is -2.31. The quantitative estimate of drug-likeness (QED) is 0.817. The van der Waals surface area contributed by atoms with E-state index in [0.717, 1.165) is 17.5 Å². The molecule has 0 saturated carbocycles. The summed E-state index contributed by atoms with van der Waals surface area (Å²) in [5, 5.41) is 0. The number of sulfonamides is 1. The van der Waals surface area contributed by atoms with Crippen molar-refractivity contribution in [1.82, 2.24) is 4.31 Å². The van der Waals surface area contributed by atoms with E-state index in [-0.39, 0.29) is 0 Å². The molecule has 0 saturated heterocycles. The van der Waals surface area contributed by atoms with Crippen LogP contribution in [0.5, 0.6) is 0 Å². The zero-order chi connectivity index (χ0) is 15.3. The second-order valence-corrected chi connectivity index (χ2v) is 7.00. The smallest absolute Gasteiger partial charge is 0.207 e. The van der Waals surface area contributed by atoms with Gasteiger partial charge in [-0.15, -0.1) is 0 Å². The molecule has 0 N–H and O–H groups in total. The molecule has 3 nitrogen and oxygen atoms in total. The summed E-state index contributed by atoms with van der Waals surface area (Å²) in [4.78, 5) is 0.398. The fourth-order valence-corrected chi connectivity index (χ4v) is 4.05. The molecule has 0 aliphatic heterocycles. The molecule has 0 spiro atoms. The van der Waals surface area contributed by atoms with E-state index in [4.69, 9.17) is 0 Å². The molecule has 21 heavy (non-hydrogen) atoms. The van der Waals surface area contributed by atoms with Crippen molar-refractivity contribution in [2.45, 2.75) is 31.7 Å². The van der Waals surface area contributed by atoms with Gasteiger partial charge in [-0.25, -0.2) is 8.42 Å². The maximum atomic E-state index is 12.9. The summed E-state index contributed by atoms with van der Waals surface area (Å²) in [7, 11) is -3.46. The maximum Gasteiger partial charge on any atom is 0.243 e. The van der Waals surface area contributed by atoms with Crippen molar-refractivity contribution < 1.29 is 8.42 Å². The first-order chi connectivity index (χ1) is 10.1. The second kappa shape index (κ2) is 6.87. The fourth-order valence-electron chi connectivity index (χ4n) is 2.31. The summed E-state index contributed by atoms with van der Waals surface area (Å²) in [5.41, 5.74) is 1.79. The zero-order valence-corrected chi connectivity index (χ0v) is 13.3. The Morgan fingerprint density at radius 2 is 1.57 bits per heavy atom. The van der Waals surface area contributed by atoms with Crippen LogP contribution in [0.15, 0.2) is 59.5 Å². The molecule has 0 bridgehead atoms. The van der Waals surface area contributed by atoms with Gasteiger partial charge in [-0.05, 0) is 30.5 Å². The Labute approximate surface area is 127 Å². The van der Waals surface area contributed by atoms with Gasteiger partial charge in [0, 0.05) is 13.1 Å². The highest BCUT2D eigenvalue weighted by Gasteiger charge is 2.25. The molecule has 0 amide bonds. The number of aryl methyl sites for hydroxylation is 1. The average Bonchev–Trinajstić information content (AvgIpc) is 2.48. The van der Waals surface area contributed by atoms with Crippen LogP contribution in [0.4, 0.5) is 0 Å². The minimum Gasteiger partial charge on any atom is -0.207 e. The molecule has 2 aromatic rings. The Kier molecular flexibility index (Phi) is 5.15. The van der Waals surface area contributed by atoms with E-state index in [0.29, 0.717) is 18.0 Å². The van der Waals surface area contributed by atoms with Crippen molar-refractivity contribution in [2.75, 3.05) is 6.54 Å². The van der Waals surface area contributed by atoms with E-state index in [9.17, 15) is 8.42 Å². The molecule has 0 atom stereocenters. The van der Waals surface area contributed by atoms with Gasteiger partial charge >= 0.3 is 0 Å². The van der Waals surface area contributed by atoms with Crippen LogP contribution < -0.4 is 0 Å². The zero-order valence-electron chi connectivity index (χ0n) is 12.5. The highest BCUT2D eigenvalue weighted by atomic mass is 32.2. The molecule has 0 aliphatic carbocycles. The van der Waals surface area contributed by atoms with Crippen LogP contribution in [0.25, 0.3) is 0 Å². The van der Waals surface area contributed by atoms with Crippen molar-refractivity contribution in [3.05, 3.63) is 65.7 Å². The molecule has 0 unspecified atom stereocenters. The molecule has 0 fully saturated rings. The summed E-state index contributed by atoms with van der Waals surface area (Å²) >= 11 is 0. The maximum absolute atomic E-state index is 12.9. The van der Waals surface area contributed by atoms with Crippen molar-refractivity contribution in [3.8, 4) is 0 Å². The van der Waals surface area contributed by atoms with Crippen molar-refractivity contribution in [2.24, 2.45) is 0 Å². The lowest BCUT2D eigenvalue weighted by molar-refractivity contribution is 0.405. The van der Waals surface area contributed by atoms with Crippen LogP contribution in [0.3, 0.4) is 0 Å². The SMILES string of the molecule is CCCN(Cc1ccccc1)S(=O)(=O)c1ccccc1C. The van der Waals surface area contributed by atoms with Gasteiger partial charge in [-0.3, -0.25) is 0 Å². The van der Waals surface area contributed by atoms with Crippen LogP contribution in [0.1, 0.15) is 24.5 Å². The van der Waals surface area contributed by atoms with Gasteiger partial charge in [0.2, 0.25) is 10.0 Å². The minimum atomic E-state index is -3.46. The van der Waals surface area contributed by atoms with Gasteiger partial charge in [0.15, 0.2) is 0 Å². The summed E-state index contributed by atoms with van der Waals surface area (Å²) in [6.45, 7) is 4.75. The Morgan fingerprint density at radius 1 is 0.952 bits per heavy atom. The van der Waals surface area contributed by atoms with Crippen molar-refractivity contribution in [3.63, 3.8) is 0 Å². The van der Waals surface area contributed by atoms with E-state index in [2.05, 4.69) is 0 Å². The van der Waals surface area contributed by atoms with Crippen molar-refractivity contribution in [1.29, 1.82) is 0 Å². The van der Waals surface area contributed by atoms with Crippen LogP contribution in [0, 0.1) is 6.92 Å². The van der Waals surface area contributed by atoms with Gasteiger partial charge in [0.25, 0.3) is 0 Å². The number of hydrogen-bond donors (Lipinski definition) is 0. The molecular formula is C17H21NO2S. The summed E-state index contributed by atoms with van der Waals surface area (Å²) in [6.07, 6.45) is 0.790. The molecule has 4 heteroatoms. The summed E-state index contributed by atoms with van der Waals surface area (Å²) in [6, 6.07) is 16.8. The summed E-state index contributed by atoms with van der Waals surface area (Å²) in [5.74, 6) is 0. The van der Waals surface area contributed by atoms with Crippen LogP contribution in [-0.2, 0) is 16.6 Å². The van der Waals surface area contributed by atoms with Gasteiger partial charge in [-0.2, -0.15) is 4.31 Å². The van der Waals surface area contributed by atoms with Crippen LogP contribution in [0.2, 0.25) is 0 Å². The Bertz CT molecular complexity index is 681. The van der Waals surface area contributed by atoms with E-state index in [1.807, 2.05) is 56.3 Å². The third-order valence-corrected chi connectivity index (χ3v) is 5.39. The molecular weight excluding hydrogens is 282 g/mol. The third-order valence-electron chi connectivity index (χ3n) is 3.39. The largest absolute Gasteiger partial charge is 0.243 e. The van der Waals surface area contributed by atoms with Crippen LogP contribution in [-0.4, -0.2) is 19.3 Å². The Hall–Kier alpha value is -1.65. The predicted molar refractivity (Wildman–Crippen MR) is 85.5 cm³/mol. The topological polar surface area (TPSA) is 37.4 Å². The third kappa shape index (κ3) is 3.71. The molecule has 0 aliphatic rings. The van der Waals surface area contributed by atoms with E-state index in [1.165, 1.54) is 0 Å². The molecule has 2 aromatic carbocycles. The van der Waals surface area contributed by atoms with E-state index < -0.39 is 10.0 Å². The lowest BCUT2D eigenvalue weighted by Gasteiger charge is -2.22. The summed E-state index contributed by atoms with van der Waals surface area (Å²) < 4.78 is 27.3. The first kappa shape index (κ1) is 15.7. The van der Waals surface area contributed by atoms with Crippen LogP contribution >= 0.6 is 0 Å². The monoisotopic (exact) mass is 303 g/mol. The molecule has 2 rings (SSSR count). The predicted octanol–water partition coefficient (Wildman–Crippen LogP) is 3.60. The van der Waals surface area contributed by atoms with Gasteiger partial charge in [0.05, 0.1) is 4.90 Å². The Morgan fingerprint density at radius 3 is 2.19 bits per heavy atom. The molecule has 0 heterocycles. The first-order valence-electron chi connectivity index (χ1n) is 7.15. The average molecular weight is 303 g/mol. The minimum absolute atomic E-state index is 0.398. The van der Waals surface area contributed by atoms with Gasteiger partial charge < -0.3 is 0 Å². The Balaban J connectivity index is 2.35. The number of rotatable bonds is 6. The number of nitrogens with zero attached hydrogens (tertiary/aromatic N) is 1. The highest BCUT2D eigenvalue weighted by molar-refractivity contribution is 7.89. The lowest BCUT2D eigenvalue weighted by atomic mass is 10.2. The van der Waals surface area contributed by atoms with Gasteiger partial charge in [-0.1, -0.05) is 55.5 Å². The second-order valence-electron chi connectivity index (χ2n) is 5.09. The first-order valence-corrected chi connectivity index (χ1v) is 8.59. The molecule has 112 valence electrons. The molecule has 0 aromatic heterocycles. The van der Waals surface area contributed by atoms with E-state index >= 15 is 0 Å².